The molecule has 0 amide bonds. The second-order valence-corrected chi connectivity index (χ2v) is 8.61. The molecule has 1 rings (SSSR count). The van der Waals surface area contributed by atoms with Crippen molar-refractivity contribution < 1.29 is 13.5 Å². The van der Waals surface area contributed by atoms with E-state index >= 15 is 0 Å². The van der Waals surface area contributed by atoms with Crippen LogP contribution < -0.4 is 10.6 Å². The van der Waals surface area contributed by atoms with E-state index in [1.807, 2.05) is 38.2 Å². The summed E-state index contributed by atoms with van der Waals surface area (Å²) < 4.78 is 31.7. The van der Waals surface area contributed by atoms with Gasteiger partial charge in [-0.2, -0.15) is 0 Å². The number of hydrogen-bond acceptors (Lipinski definition) is 4. The molecule has 0 bridgehead atoms. The summed E-state index contributed by atoms with van der Waals surface area (Å²) in [7, 11) is 3.78. The predicted molar refractivity (Wildman–Crippen MR) is 123 cm³/mol. The van der Waals surface area contributed by atoms with Gasteiger partial charge >= 0.3 is 0 Å². The molecule has 0 aromatic heterocycles. The maximum atomic E-state index is 13.1. The molecule has 2 atom stereocenters. The van der Waals surface area contributed by atoms with Crippen LogP contribution in [-0.2, 0) is 4.74 Å². The van der Waals surface area contributed by atoms with Gasteiger partial charge in [-0.05, 0) is 32.9 Å². The lowest BCUT2D eigenvalue weighted by molar-refractivity contribution is -0.0565. The Kier molecular flexibility index (Phi) is 10.9. The Hall–Kier alpha value is -1.53. The van der Waals surface area contributed by atoms with Crippen LogP contribution in [0, 0.1) is 0 Å². The monoisotopic (exact) mass is 445 g/mol. The second-order valence-electron chi connectivity index (χ2n) is 8.15. The predicted octanol–water partition coefficient (Wildman–Crippen LogP) is 5.54. The molecule has 4 nitrogen and oxygen atoms in total. The third-order valence-corrected chi connectivity index (χ3v) is 5.36. The first-order valence-corrected chi connectivity index (χ1v) is 11.0. The number of halogens is 3. The number of unbranched alkanes of at least 4 members (excludes halogenated alkanes) is 2. The molecule has 2 unspecified atom stereocenters. The normalized spacial score (nSPS) is 17.6. The lowest BCUT2D eigenvalue weighted by atomic mass is 10.00. The van der Waals surface area contributed by atoms with Gasteiger partial charge in [0, 0.05) is 55.0 Å². The van der Waals surface area contributed by atoms with E-state index in [4.69, 9.17) is 16.3 Å². The van der Waals surface area contributed by atoms with Gasteiger partial charge in [0.25, 0.3) is 5.92 Å². The first kappa shape index (κ1) is 26.5. The van der Waals surface area contributed by atoms with Gasteiger partial charge in [0.2, 0.25) is 0 Å². The Labute approximate surface area is 186 Å². The molecule has 2 N–H and O–H groups in total. The van der Waals surface area contributed by atoms with Crippen LogP contribution in [0.25, 0.3) is 0 Å². The Bertz CT molecular complexity index is 668. The Morgan fingerprint density at radius 3 is 2.60 bits per heavy atom. The van der Waals surface area contributed by atoms with Crippen LogP contribution in [-0.4, -0.2) is 50.2 Å². The van der Waals surface area contributed by atoms with E-state index in [-0.39, 0.29) is 12.1 Å². The van der Waals surface area contributed by atoms with E-state index in [0.717, 1.165) is 36.5 Å². The SMILES string of the molecule is C=C(Cl)/C(=C/NC(C)C1=CC(C)=C(OCC(C)(F)F)N(C)C1)C(CCCCC)NC. The molecule has 0 aromatic carbocycles. The largest absolute Gasteiger partial charge is 0.472 e. The van der Waals surface area contributed by atoms with Gasteiger partial charge in [-0.25, -0.2) is 8.78 Å². The summed E-state index contributed by atoms with van der Waals surface area (Å²) in [5.74, 6) is -2.37. The van der Waals surface area contributed by atoms with Gasteiger partial charge in [-0.15, -0.1) is 0 Å². The zero-order chi connectivity index (χ0) is 22.9. The maximum absolute atomic E-state index is 13.1. The molecule has 1 heterocycles. The fraction of sp³-hybridized carbons (Fsp3) is 0.652. The highest BCUT2D eigenvalue weighted by atomic mass is 35.5. The van der Waals surface area contributed by atoms with Crippen molar-refractivity contribution in [2.45, 2.75) is 71.4 Å². The Morgan fingerprint density at radius 1 is 1.43 bits per heavy atom. The minimum Gasteiger partial charge on any atom is -0.472 e. The van der Waals surface area contributed by atoms with E-state index in [1.165, 1.54) is 12.8 Å². The van der Waals surface area contributed by atoms with Crippen LogP contribution in [0.2, 0.25) is 0 Å². The van der Waals surface area contributed by atoms with Crippen LogP contribution in [0.4, 0.5) is 8.78 Å². The molecule has 30 heavy (non-hydrogen) atoms. The number of nitrogens with zero attached hydrogens (tertiary/aromatic N) is 1. The lowest BCUT2D eigenvalue weighted by Gasteiger charge is -2.32. The second kappa shape index (κ2) is 12.4. The summed E-state index contributed by atoms with van der Waals surface area (Å²) in [4.78, 5) is 1.86. The van der Waals surface area contributed by atoms with Crippen LogP contribution in [0.15, 0.2) is 46.5 Å². The quantitative estimate of drug-likeness (QED) is 0.288. The number of likely N-dealkylation sites (N-methyl/N-ethyl adjacent to an activating group) is 2. The average Bonchev–Trinajstić information content (AvgIpc) is 2.64. The number of alkyl halides is 2. The van der Waals surface area contributed by atoms with Gasteiger partial charge in [-0.1, -0.05) is 50.4 Å². The molecule has 7 heteroatoms. The first-order valence-electron chi connectivity index (χ1n) is 10.6. The van der Waals surface area contributed by atoms with Crippen molar-refractivity contribution in [1.29, 1.82) is 0 Å². The minimum absolute atomic E-state index is 0.0377. The van der Waals surface area contributed by atoms with Gasteiger partial charge in [0.1, 0.15) is 0 Å². The molecule has 0 aliphatic carbocycles. The van der Waals surface area contributed by atoms with E-state index in [1.54, 1.807) is 0 Å². The van der Waals surface area contributed by atoms with Crippen molar-refractivity contribution in [2.24, 2.45) is 0 Å². The number of allylic oxidation sites excluding steroid dienone is 2. The van der Waals surface area contributed by atoms with Crippen molar-refractivity contribution in [3.05, 3.63) is 46.5 Å². The van der Waals surface area contributed by atoms with Crippen LogP contribution in [0.5, 0.6) is 0 Å². The molecule has 0 saturated heterocycles. The highest BCUT2D eigenvalue weighted by molar-refractivity contribution is 6.31. The van der Waals surface area contributed by atoms with Crippen molar-refractivity contribution in [3.63, 3.8) is 0 Å². The topological polar surface area (TPSA) is 36.5 Å². The highest BCUT2D eigenvalue weighted by Gasteiger charge is 2.26. The Balaban J connectivity index is 2.89. The van der Waals surface area contributed by atoms with Gasteiger partial charge < -0.3 is 20.3 Å². The van der Waals surface area contributed by atoms with Gasteiger partial charge in [0.05, 0.1) is 0 Å². The van der Waals surface area contributed by atoms with Crippen molar-refractivity contribution in [1.82, 2.24) is 15.5 Å². The third-order valence-electron chi connectivity index (χ3n) is 5.15. The summed E-state index contributed by atoms with van der Waals surface area (Å²) in [5, 5.41) is 7.28. The summed E-state index contributed by atoms with van der Waals surface area (Å²) >= 11 is 6.29. The number of hydrogen-bond donors (Lipinski definition) is 2. The highest BCUT2D eigenvalue weighted by Crippen LogP contribution is 2.25. The van der Waals surface area contributed by atoms with Crippen molar-refractivity contribution in [2.75, 3.05) is 27.2 Å². The van der Waals surface area contributed by atoms with Crippen molar-refractivity contribution >= 4 is 11.6 Å². The zero-order valence-electron chi connectivity index (χ0n) is 19.2. The fourth-order valence-corrected chi connectivity index (χ4v) is 3.64. The molecule has 0 fully saturated rings. The third kappa shape index (κ3) is 8.68. The van der Waals surface area contributed by atoms with E-state index in [0.29, 0.717) is 17.5 Å². The number of nitrogens with one attached hydrogen (secondary N) is 2. The van der Waals surface area contributed by atoms with Gasteiger partial charge in [0.15, 0.2) is 12.5 Å². The number of rotatable bonds is 13. The van der Waals surface area contributed by atoms with E-state index in [2.05, 4.69) is 31.1 Å². The Morgan fingerprint density at radius 2 is 2.10 bits per heavy atom. The molecule has 0 spiro atoms. The van der Waals surface area contributed by atoms with Crippen molar-refractivity contribution in [3.8, 4) is 0 Å². The molecule has 1 aliphatic heterocycles. The maximum Gasteiger partial charge on any atom is 0.278 e. The van der Waals surface area contributed by atoms with Crippen LogP contribution in [0.1, 0.15) is 53.4 Å². The summed E-state index contributed by atoms with van der Waals surface area (Å²) in [6.45, 7) is 10.9. The summed E-state index contributed by atoms with van der Waals surface area (Å²) in [6.07, 6.45) is 8.41. The van der Waals surface area contributed by atoms with Crippen LogP contribution in [0.3, 0.4) is 0 Å². The van der Waals surface area contributed by atoms with Gasteiger partial charge in [-0.3, -0.25) is 0 Å². The molecule has 0 aromatic rings. The van der Waals surface area contributed by atoms with E-state index < -0.39 is 12.5 Å². The molecule has 0 radical (unpaired) electrons. The first-order chi connectivity index (χ1) is 14.0. The molecular weight excluding hydrogens is 408 g/mol. The smallest absolute Gasteiger partial charge is 0.278 e. The van der Waals surface area contributed by atoms with Crippen LogP contribution >= 0.6 is 11.6 Å². The fourth-order valence-electron chi connectivity index (χ4n) is 3.46. The zero-order valence-corrected chi connectivity index (χ0v) is 20.0. The minimum atomic E-state index is -2.86. The molecule has 1 aliphatic rings. The molecule has 172 valence electrons. The molecular formula is C23H38ClF2N3O. The molecule has 0 saturated carbocycles. The number of ether oxygens (including phenoxy) is 1. The summed E-state index contributed by atoms with van der Waals surface area (Å²) in [5.41, 5.74) is 2.91. The van der Waals surface area contributed by atoms with E-state index in [9.17, 15) is 8.78 Å². The summed E-state index contributed by atoms with van der Waals surface area (Å²) in [6, 6.07) is 0.178. The standard InChI is InChI=1S/C23H38ClF2N3O/c1-8-9-10-11-21(27-6)20(17(3)24)13-28-18(4)19-12-16(2)22(29(7)14-19)30-15-23(5,25)26/h12-13,18,21,27-28H,3,8-11,14-15H2,1-2,4-7H3/b20-13-. The lowest BCUT2D eigenvalue weighted by Crippen LogP contribution is -2.36. The average molecular weight is 446 g/mol.